The highest BCUT2D eigenvalue weighted by Crippen LogP contribution is 2.34. The topological polar surface area (TPSA) is 80.8 Å². The fourth-order valence-corrected chi connectivity index (χ4v) is 4.10. The van der Waals surface area contributed by atoms with Crippen LogP contribution in [0.5, 0.6) is 0 Å². The lowest BCUT2D eigenvalue weighted by Gasteiger charge is -2.22. The van der Waals surface area contributed by atoms with E-state index in [1.54, 1.807) is 29.2 Å². The minimum Gasteiger partial charge on any atom is -0.449 e. The number of carbonyl (C=O) groups is 4. The Morgan fingerprint density at radius 1 is 0.966 bits per heavy atom. The van der Waals surface area contributed by atoms with Gasteiger partial charge in [-0.2, -0.15) is 0 Å². The second kappa shape index (κ2) is 7.44. The minimum atomic E-state index is -0.967. The highest BCUT2D eigenvalue weighted by molar-refractivity contribution is 6.41. The van der Waals surface area contributed by atoms with Gasteiger partial charge in [-0.3, -0.25) is 14.4 Å². The molecule has 0 N–H and O–H groups in total. The Labute approximate surface area is 172 Å². The van der Waals surface area contributed by atoms with Crippen LogP contribution < -0.4 is 0 Å². The first-order valence-corrected chi connectivity index (χ1v) is 9.78. The molecule has 7 heteroatoms. The molecule has 2 aliphatic rings. The Bertz CT molecular complexity index is 1060. The van der Waals surface area contributed by atoms with E-state index in [-0.39, 0.29) is 39.0 Å². The second-order valence-corrected chi connectivity index (χ2v) is 7.51. The van der Waals surface area contributed by atoms with Crippen LogP contribution in [-0.4, -0.2) is 47.5 Å². The van der Waals surface area contributed by atoms with Crippen molar-refractivity contribution in [1.82, 2.24) is 4.90 Å². The van der Waals surface area contributed by atoms with Gasteiger partial charge in [-0.1, -0.05) is 35.9 Å². The molecule has 148 valence electrons. The summed E-state index contributed by atoms with van der Waals surface area (Å²) in [5.41, 5.74) is 0.642. The van der Waals surface area contributed by atoms with E-state index in [1.807, 2.05) is 0 Å². The molecule has 0 spiro atoms. The lowest BCUT2D eigenvalue weighted by atomic mass is 9.83. The molecule has 1 aliphatic carbocycles. The lowest BCUT2D eigenvalue weighted by molar-refractivity contribution is -0.138. The first-order valence-electron chi connectivity index (χ1n) is 9.41. The molecule has 29 heavy (non-hydrogen) atoms. The van der Waals surface area contributed by atoms with E-state index >= 15 is 0 Å². The standard InChI is InChI=1S/C22H18ClNO5/c1-12(21(27)24-10-4-5-11-24)29-22(28)16-9-8-15-17(18(16)23)20(26)14-7-3-2-6-13(14)19(15)25/h2-3,6-9,12H,4-5,10-11H2,1H3. The highest BCUT2D eigenvalue weighted by Gasteiger charge is 2.34. The van der Waals surface area contributed by atoms with Crippen LogP contribution in [0.15, 0.2) is 36.4 Å². The van der Waals surface area contributed by atoms with E-state index in [0.717, 1.165) is 12.8 Å². The summed E-state index contributed by atoms with van der Waals surface area (Å²) in [7, 11) is 0. The van der Waals surface area contributed by atoms with E-state index in [0.29, 0.717) is 18.7 Å². The molecule has 2 aromatic carbocycles. The van der Waals surface area contributed by atoms with E-state index in [4.69, 9.17) is 16.3 Å². The summed E-state index contributed by atoms with van der Waals surface area (Å²) < 4.78 is 5.30. The molecule has 0 saturated carbocycles. The number of nitrogens with zero attached hydrogens (tertiary/aromatic N) is 1. The van der Waals surface area contributed by atoms with Crippen molar-refractivity contribution in [3.8, 4) is 0 Å². The number of amides is 1. The predicted molar refractivity (Wildman–Crippen MR) is 105 cm³/mol. The van der Waals surface area contributed by atoms with Gasteiger partial charge in [0, 0.05) is 29.8 Å². The van der Waals surface area contributed by atoms with Crippen molar-refractivity contribution < 1.29 is 23.9 Å². The van der Waals surface area contributed by atoms with Crippen LogP contribution >= 0.6 is 11.6 Å². The van der Waals surface area contributed by atoms with Gasteiger partial charge in [-0.05, 0) is 31.9 Å². The zero-order chi connectivity index (χ0) is 20.7. The van der Waals surface area contributed by atoms with Gasteiger partial charge < -0.3 is 9.64 Å². The first kappa shape index (κ1) is 19.3. The number of hydrogen-bond acceptors (Lipinski definition) is 5. The summed E-state index contributed by atoms with van der Waals surface area (Å²) >= 11 is 6.37. The third-order valence-corrected chi connectivity index (χ3v) is 5.69. The summed E-state index contributed by atoms with van der Waals surface area (Å²) in [6.07, 6.45) is 0.896. The SMILES string of the molecule is CC(OC(=O)c1ccc2c(c1Cl)C(=O)c1ccccc1C2=O)C(=O)N1CCCC1. The number of ketones is 2. The van der Waals surface area contributed by atoms with Crippen molar-refractivity contribution in [3.63, 3.8) is 0 Å². The lowest BCUT2D eigenvalue weighted by Crippen LogP contribution is -2.38. The molecule has 1 saturated heterocycles. The molecule has 6 nitrogen and oxygen atoms in total. The fraction of sp³-hybridized carbons (Fsp3) is 0.273. The molecular weight excluding hydrogens is 394 g/mol. The van der Waals surface area contributed by atoms with Gasteiger partial charge in [0.1, 0.15) is 0 Å². The Balaban J connectivity index is 1.63. The number of hydrogen-bond donors (Lipinski definition) is 0. The number of likely N-dealkylation sites (tertiary alicyclic amines) is 1. The molecule has 1 atom stereocenters. The van der Waals surface area contributed by atoms with Gasteiger partial charge in [0.05, 0.1) is 16.1 Å². The molecule has 1 fully saturated rings. The minimum absolute atomic E-state index is 0.0108. The van der Waals surface area contributed by atoms with Crippen LogP contribution in [0.1, 0.15) is 62.0 Å². The maximum Gasteiger partial charge on any atom is 0.340 e. The maximum atomic E-state index is 12.9. The van der Waals surface area contributed by atoms with Gasteiger partial charge in [0.15, 0.2) is 17.7 Å². The Hall–Kier alpha value is -2.99. The summed E-state index contributed by atoms with van der Waals surface area (Å²) in [6.45, 7) is 2.81. The Morgan fingerprint density at radius 2 is 1.59 bits per heavy atom. The normalized spacial score (nSPS) is 16.3. The van der Waals surface area contributed by atoms with Gasteiger partial charge in [-0.25, -0.2) is 4.79 Å². The van der Waals surface area contributed by atoms with Crippen molar-refractivity contribution in [3.05, 3.63) is 69.2 Å². The van der Waals surface area contributed by atoms with Gasteiger partial charge in [0.2, 0.25) is 0 Å². The van der Waals surface area contributed by atoms with Crippen molar-refractivity contribution in [2.75, 3.05) is 13.1 Å². The molecule has 0 aromatic heterocycles. The molecule has 1 heterocycles. The quantitative estimate of drug-likeness (QED) is 0.618. The predicted octanol–water partition coefficient (Wildman–Crippen LogP) is 3.28. The number of esters is 1. The molecule has 1 aliphatic heterocycles. The van der Waals surface area contributed by atoms with Crippen molar-refractivity contribution in [1.29, 1.82) is 0 Å². The molecule has 1 unspecified atom stereocenters. The summed E-state index contributed by atoms with van der Waals surface area (Å²) in [5, 5.41) is -0.138. The number of carbonyl (C=O) groups excluding carboxylic acids is 4. The van der Waals surface area contributed by atoms with Gasteiger partial charge in [-0.15, -0.1) is 0 Å². The van der Waals surface area contributed by atoms with Crippen molar-refractivity contribution in [2.45, 2.75) is 25.9 Å². The van der Waals surface area contributed by atoms with Crippen LogP contribution in [0.4, 0.5) is 0 Å². The van der Waals surface area contributed by atoms with Crippen LogP contribution in [0.2, 0.25) is 5.02 Å². The van der Waals surface area contributed by atoms with Crippen LogP contribution in [0, 0.1) is 0 Å². The third kappa shape index (κ3) is 3.23. The summed E-state index contributed by atoms with van der Waals surface area (Å²) in [6, 6.07) is 9.24. The summed E-state index contributed by atoms with van der Waals surface area (Å²) in [5.74, 6) is -1.81. The molecule has 2 aromatic rings. The van der Waals surface area contributed by atoms with E-state index in [1.165, 1.54) is 19.1 Å². The number of benzene rings is 2. The van der Waals surface area contributed by atoms with Crippen molar-refractivity contribution >= 4 is 35.0 Å². The molecular formula is C22H18ClNO5. The third-order valence-electron chi connectivity index (χ3n) is 5.30. The largest absolute Gasteiger partial charge is 0.449 e. The Kier molecular flexibility index (Phi) is 4.96. The average molecular weight is 412 g/mol. The van der Waals surface area contributed by atoms with Crippen LogP contribution in [0.3, 0.4) is 0 Å². The number of rotatable bonds is 3. The first-order chi connectivity index (χ1) is 13.9. The Morgan fingerprint density at radius 3 is 2.24 bits per heavy atom. The van der Waals surface area contributed by atoms with E-state index < -0.39 is 17.9 Å². The maximum absolute atomic E-state index is 12.9. The molecule has 4 rings (SSSR count). The number of ether oxygens (including phenoxy) is 1. The zero-order valence-electron chi connectivity index (χ0n) is 15.7. The number of halogens is 1. The van der Waals surface area contributed by atoms with Crippen LogP contribution in [0.25, 0.3) is 0 Å². The molecule has 1 amide bonds. The summed E-state index contributed by atoms with van der Waals surface area (Å²) in [4.78, 5) is 52.3. The fourth-order valence-electron chi connectivity index (χ4n) is 3.77. The smallest absolute Gasteiger partial charge is 0.340 e. The van der Waals surface area contributed by atoms with Crippen LogP contribution in [-0.2, 0) is 9.53 Å². The van der Waals surface area contributed by atoms with Gasteiger partial charge >= 0.3 is 5.97 Å². The molecule has 0 bridgehead atoms. The van der Waals surface area contributed by atoms with Gasteiger partial charge in [0.25, 0.3) is 5.91 Å². The monoisotopic (exact) mass is 411 g/mol. The van der Waals surface area contributed by atoms with E-state index in [9.17, 15) is 19.2 Å². The zero-order valence-corrected chi connectivity index (χ0v) is 16.5. The second-order valence-electron chi connectivity index (χ2n) is 7.13. The van der Waals surface area contributed by atoms with E-state index in [2.05, 4.69) is 0 Å². The highest BCUT2D eigenvalue weighted by atomic mass is 35.5. The molecule has 0 radical (unpaired) electrons. The average Bonchev–Trinajstić information content (AvgIpc) is 3.26. The van der Waals surface area contributed by atoms with Crippen molar-refractivity contribution in [2.24, 2.45) is 0 Å². The number of fused-ring (bicyclic) bond motifs is 2.